The van der Waals surface area contributed by atoms with Crippen molar-refractivity contribution in [1.29, 1.82) is 0 Å². The first-order valence-corrected chi connectivity index (χ1v) is 9.23. The first kappa shape index (κ1) is 16.1. The number of halogens is 1. The van der Waals surface area contributed by atoms with Gasteiger partial charge in [-0.1, -0.05) is 23.5 Å². The Morgan fingerprint density at radius 1 is 1.24 bits per heavy atom. The van der Waals surface area contributed by atoms with Crippen molar-refractivity contribution in [2.24, 2.45) is 0 Å². The summed E-state index contributed by atoms with van der Waals surface area (Å²) in [6.07, 6.45) is 3.99. The number of hydrogen-bond acceptors (Lipinski definition) is 5. The van der Waals surface area contributed by atoms with Crippen LogP contribution in [-0.4, -0.2) is 32.3 Å². The summed E-state index contributed by atoms with van der Waals surface area (Å²) in [4.78, 5) is 12.8. The molecule has 0 spiro atoms. The highest BCUT2D eigenvalue weighted by Gasteiger charge is 2.30. The Hall–Kier alpha value is -2.35. The van der Waals surface area contributed by atoms with Crippen LogP contribution >= 0.6 is 11.3 Å². The van der Waals surface area contributed by atoms with Crippen molar-refractivity contribution in [3.63, 3.8) is 0 Å². The van der Waals surface area contributed by atoms with E-state index < -0.39 is 0 Å². The smallest absolute Gasteiger partial charge is 0.234 e. The van der Waals surface area contributed by atoms with Gasteiger partial charge in [-0.25, -0.2) is 4.39 Å². The minimum absolute atomic E-state index is 0.00417. The fraction of sp³-hybridized carbons (Fsp3) is 0.412. The number of benzene rings is 1. The minimum Gasteiger partial charge on any atom is -0.356 e. The van der Waals surface area contributed by atoms with Crippen molar-refractivity contribution < 1.29 is 9.18 Å². The van der Waals surface area contributed by atoms with Gasteiger partial charge in [-0.05, 0) is 37.0 Å². The molecular weight excluding hydrogens is 341 g/mol. The van der Waals surface area contributed by atoms with Crippen LogP contribution in [0.15, 0.2) is 24.3 Å². The lowest BCUT2D eigenvalue weighted by molar-refractivity contribution is -0.121. The molecule has 0 bridgehead atoms. The number of hydrogen-bond donors (Lipinski definition) is 1. The molecule has 1 saturated carbocycles. The van der Waals surface area contributed by atoms with Gasteiger partial charge in [-0.2, -0.15) is 9.61 Å². The second kappa shape index (κ2) is 6.87. The Bertz CT molecular complexity index is 884. The molecular formula is C17H18FN5OS. The summed E-state index contributed by atoms with van der Waals surface area (Å²) >= 11 is 1.49. The van der Waals surface area contributed by atoms with E-state index >= 15 is 0 Å². The number of aryl methyl sites for hydroxylation is 1. The van der Waals surface area contributed by atoms with Crippen molar-refractivity contribution in [3.05, 3.63) is 46.5 Å². The van der Waals surface area contributed by atoms with Crippen molar-refractivity contribution in [3.8, 4) is 0 Å². The predicted octanol–water partition coefficient (Wildman–Crippen LogP) is 2.49. The van der Waals surface area contributed by atoms with Crippen LogP contribution in [0.2, 0.25) is 0 Å². The maximum absolute atomic E-state index is 12.8. The highest BCUT2D eigenvalue weighted by Crippen LogP contribution is 2.39. The molecule has 0 atom stereocenters. The van der Waals surface area contributed by atoms with Crippen LogP contribution in [0.3, 0.4) is 0 Å². The lowest BCUT2D eigenvalue weighted by Crippen LogP contribution is -2.25. The molecule has 8 heteroatoms. The van der Waals surface area contributed by atoms with Gasteiger partial charge >= 0.3 is 0 Å². The van der Waals surface area contributed by atoms with Crippen LogP contribution in [0.5, 0.6) is 0 Å². The number of carbonyl (C=O) groups is 1. The van der Waals surface area contributed by atoms with Crippen molar-refractivity contribution in [2.45, 2.75) is 38.0 Å². The molecule has 4 rings (SSSR count). The summed E-state index contributed by atoms with van der Waals surface area (Å²) in [6, 6.07) is 6.33. The van der Waals surface area contributed by atoms with Gasteiger partial charge in [-0.15, -0.1) is 10.2 Å². The average Bonchev–Trinajstić information content (AvgIpc) is 3.24. The fourth-order valence-corrected chi connectivity index (χ4v) is 3.51. The minimum atomic E-state index is -0.248. The van der Waals surface area contributed by atoms with E-state index in [2.05, 4.69) is 20.6 Å². The third kappa shape index (κ3) is 3.84. The maximum Gasteiger partial charge on any atom is 0.234 e. The van der Waals surface area contributed by atoms with E-state index in [-0.39, 0.29) is 11.7 Å². The fourth-order valence-electron chi connectivity index (χ4n) is 2.68. The molecule has 0 saturated heterocycles. The van der Waals surface area contributed by atoms with Gasteiger partial charge in [-0.3, -0.25) is 4.79 Å². The van der Waals surface area contributed by atoms with Crippen molar-refractivity contribution in [1.82, 2.24) is 25.1 Å². The topological polar surface area (TPSA) is 72.2 Å². The van der Waals surface area contributed by atoms with Crippen molar-refractivity contribution in [2.75, 3.05) is 6.54 Å². The molecule has 1 N–H and O–H groups in total. The van der Waals surface area contributed by atoms with E-state index in [1.807, 2.05) is 4.52 Å². The lowest BCUT2D eigenvalue weighted by Gasteiger charge is -2.04. The Labute approximate surface area is 148 Å². The van der Waals surface area contributed by atoms with E-state index in [1.165, 1.54) is 23.5 Å². The summed E-state index contributed by atoms with van der Waals surface area (Å²) in [5.74, 6) is 1.19. The zero-order chi connectivity index (χ0) is 17.2. The standard InChI is InChI=1S/C17H18FN5OS/c18-13-5-1-11(2-6-13)9-10-19-14(24)7-8-15-22-23-16(12-3-4-12)20-21-17(23)25-15/h1-2,5-6,12H,3-4,7-10H2,(H,19,24). The van der Waals surface area contributed by atoms with Gasteiger partial charge in [0.15, 0.2) is 5.82 Å². The number of amides is 1. The molecule has 2 heterocycles. The Balaban J connectivity index is 1.25. The van der Waals surface area contributed by atoms with Crippen LogP contribution in [0.1, 0.15) is 41.6 Å². The highest BCUT2D eigenvalue weighted by atomic mass is 32.1. The number of fused-ring (bicyclic) bond motifs is 1. The molecule has 2 aromatic heterocycles. The van der Waals surface area contributed by atoms with E-state index in [0.717, 1.165) is 34.2 Å². The number of nitrogens with one attached hydrogen (secondary N) is 1. The van der Waals surface area contributed by atoms with Gasteiger partial charge in [0.2, 0.25) is 10.9 Å². The van der Waals surface area contributed by atoms with Crippen LogP contribution in [-0.2, 0) is 17.6 Å². The first-order chi connectivity index (χ1) is 12.2. The van der Waals surface area contributed by atoms with Gasteiger partial charge < -0.3 is 5.32 Å². The second-order valence-electron chi connectivity index (χ2n) is 6.25. The predicted molar refractivity (Wildman–Crippen MR) is 92.1 cm³/mol. The summed E-state index contributed by atoms with van der Waals surface area (Å²) < 4.78 is 14.7. The maximum atomic E-state index is 12.8. The summed E-state index contributed by atoms with van der Waals surface area (Å²) in [7, 11) is 0. The highest BCUT2D eigenvalue weighted by molar-refractivity contribution is 7.16. The summed E-state index contributed by atoms with van der Waals surface area (Å²) in [5.41, 5.74) is 1.00. The molecule has 3 aromatic rings. The Morgan fingerprint density at radius 2 is 2.04 bits per heavy atom. The molecule has 6 nitrogen and oxygen atoms in total. The van der Waals surface area contributed by atoms with E-state index in [4.69, 9.17) is 0 Å². The average molecular weight is 359 g/mol. The Morgan fingerprint density at radius 3 is 2.80 bits per heavy atom. The van der Waals surface area contributed by atoms with Crippen LogP contribution in [0.4, 0.5) is 4.39 Å². The van der Waals surface area contributed by atoms with Gasteiger partial charge in [0, 0.05) is 25.3 Å². The molecule has 1 aliphatic carbocycles. The summed E-state index contributed by atoms with van der Waals surface area (Å²) in [5, 5.41) is 16.7. The number of aromatic nitrogens is 4. The monoisotopic (exact) mass is 359 g/mol. The second-order valence-corrected chi connectivity index (χ2v) is 7.29. The van der Waals surface area contributed by atoms with Gasteiger partial charge in [0.05, 0.1) is 0 Å². The van der Waals surface area contributed by atoms with Gasteiger partial charge in [0.25, 0.3) is 0 Å². The third-order valence-electron chi connectivity index (χ3n) is 4.21. The third-order valence-corrected chi connectivity index (χ3v) is 5.17. The SMILES string of the molecule is O=C(CCc1nn2c(C3CC3)nnc2s1)NCCc1ccc(F)cc1. The van der Waals surface area contributed by atoms with Crippen molar-refractivity contribution >= 4 is 22.2 Å². The zero-order valence-electron chi connectivity index (χ0n) is 13.6. The normalized spacial score (nSPS) is 14.1. The van der Waals surface area contributed by atoms with E-state index in [1.54, 1.807) is 12.1 Å². The molecule has 0 aliphatic heterocycles. The van der Waals surface area contributed by atoms with E-state index in [9.17, 15) is 9.18 Å². The number of rotatable bonds is 7. The molecule has 1 aromatic carbocycles. The number of carbonyl (C=O) groups excluding carboxylic acids is 1. The molecule has 0 radical (unpaired) electrons. The first-order valence-electron chi connectivity index (χ1n) is 8.41. The quantitative estimate of drug-likeness (QED) is 0.703. The molecule has 25 heavy (non-hydrogen) atoms. The van der Waals surface area contributed by atoms with Crippen LogP contribution in [0, 0.1) is 5.82 Å². The van der Waals surface area contributed by atoms with Gasteiger partial charge in [0.1, 0.15) is 10.8 Å². The van der Waals surface area contributed by atoms with Crippen LogP contribution in [0.25, 0.3) is 4.96 Å². The largest absolute Gasteiger partial charge is 0.356 e. The molecule has 130 valence electrons. The molecule has 1 aliphatic rings. The lowest BCUT2D eigenvalue weighted by atomic mass is 10.1. The van der Waals surface area contributed by atoms with Crippen LogP contribution < -0.4 is 5.32 Å². The molecule has 1 amide bonds. The Kier molecular flexibility index (Phi) is 4.44. The number of nitrogens with zero attached hydrogens (tertiary/aromatic N) is 4. The zero-order valence-corrected chi connectivity index (χ0v) is 14.4. The molecule has 0 unspecified atom stereocenters. The molecule has 1 fully saturated rings. The summed E-state index contributed by atoms with van der Waals surface area (Å²) in [6.45, 7) is 0.543. The van der Waals surface area contributed by atoms with E-state index in [0.29, 0.717) is 31.7 Å².